The van der Waals surface area contributed by atoms with Crippen LogP contribution in [0.5, 0.6) is 0 Å². The van der Waals surface area contributed by atoms with Crippen molar-refractivity contribution in [3.63, 3.8) is 0 Å². The van der Waals surface area contributed by atoms with Crippen molar-refractivity contribution in [1.29, 1.82) is 0 Å². The van der Waals surface area contributed by atoms with Gasteiger partial charge < -0.3 is 14.2 Å². The molecule has 2 heterocycles. The summed E-state index contributed by atoms with van der Waals surface area (Å²) in [7, 11) is 2.08. The van der Waals surface area contributed by atoms with Gasteiger partial charge in [0.1, 0.15) is 11.6 Å². The maximum atomic E-state index is 9.76. The molecule has 0 spiro atoms. The number of rotatable bonds is 7. The first-order valence-corrected chi connectivity index (χ1v) is 13.3. The van der Waals surface area contributed by atoms with E-state index in [1.165, 1.54) is 5.56 Å². The Morgan fingerprint density at radius 3 is 2.34 bits per heavy atom. The van der Waals surface area contributed by atoms with Crippen molar-refractivity contribution < 1.29 is 5.11 Å². The van der Waals surface area contributed by atoms with Crippen LogP contribution in [-0.4, -0.2) is 24.2 Å². The van der Waals surface area contributed by atoms with Crippen molar-refractivity contribution in [3.8, 4) is 22.5 Å². The summed E-state index contributed by atoms with van der Waals surface area (Å²) in [5, 5.41) is 9.76. The first-order valence-electron chi connectivity index (χ1n) is 13.3. The van der Waals surface area contributed by atoms with Gasteiger partial charge in [-0.2, -0.15) is 0 Å². The van der Waals surface area contributed by atoms with Crippen molar-refractivity contribution >= 4 is 22.1 Å². The Bertz CT molecular complexity index is 1760. The van der Waals surface area contributed by atoms with Gasteiger partial charge in [0.15, 0.2) is 0 Å². The lowest BCUT2D eigenvalue weighted by molar-refractivity contribution is 0.282. The van der Waals surface area contributed by atoms with E-state index in [9.17, 15) is 5.11 Å². The number of hydrogen-bond donors (Lipinski definition) is 1. The SMILES string of the molecule is CCCc1nc2c(C)cc(-c3nc4ccccc4n3C)cc2n1Cc1ccc(-c2ccccc2CO)cc1. The largest absolute Gasteiger partial charge is 0.392 e. The molecule has 0 aliphatic carbocycles. The van der Waals surface area contributed by atoms with Crippen LogP contribution < -0.4 is 0 Å². The normalized spacial score (nSPS) is 11.6. The molecule has 0 bridgehead atoms. The van der Waals surface area contributed by atoms with E-state index in [-0.39, 0.29) is 6.61 Å². The number of aryl methyl sites for hydroxylation is 3. The first-order chi connectivity index (χ1) is 18.6. The maximum Gasteiger partial charge on any atom is 0.140 e. The Hall–Kier alpha value is -4.22. The van der Waals surface area contributed by atoms with Crippen LogP contribution in [0.1, 0.15) is 35.9 Å². The molecular formula is C33H32N4O. The predicted octanol–water partition coefficient (Wildman–Crippen LogP) is 7.06. The number of hydrogen-bond acceptors (Lipinski definition) is 3. The molecule has 5 nitrogen and oxygen atoms in total. The van der Waals surface area contributed by atoms with Crippen LogP contribution in [0, 0.1) is 6.92 Å². The van der Waals surface area contributed by atoms with Crippen molar-refractivity contribution in [2.45, 2.75) is 39.8 Å². The third kappa shape index (κ3) is 4.19. The molecule has 0 saturated heterocycles. The number of aliphatic hydroxyl groups excluding tert-OH is 1. The van der Waals surface area contributed by atoms with Crippen LogP contribution in [0.3, 0.4) is 0 Å². The van der Waals surface area contributed by atoms with Gasteiger partial charge in [-0.15, -0.1) is 0 Å². The molecule has 2 aromatic heterocycles. The van der Waals surface area contributed by atoms with E-state index in [4.69, 9.17) is 9.97 Å². The van der Waals surface area contributed by atoms with E-state index in [1.54, 1.807) is 0 Å². The molecule has 6 rings (SSSR count). The lowest BCUT2D eigenvalue weighted by Gasteiger charge is -2.12. The average molecular weight is 501 g/mol. The minimum atomic E-state index is 0.0343. The van der Waals surface area contributed by atoms with Gasteiger partial charge in [-0.3, -0.25) is 0 Å². The van der Waals surface area contributed by atoms with Crippen LogP contribution in [0.4, 0.5) is 0 Å². The Morgan fingerprint density at radius 1 is 0.816 bits per heavy atom. The van der Waals surface area contributed by atoms with Crippen molar-refractivity contribution in [1.82, 2.24) is 19.1 Å². The molecule has 0 aliphatic heterocycles. The fourth-order valence-corrected chi connectivity index (χ4v) is 5.48. The molecule has 0 unspecified atom stereocenters. The Balaban J connectivity index is 1.42. The zero-order valence-corrected chi connectivity index (χ0v) is 22.1. The number of para-hydroxylation sites is 2. The topological polar surface area (TPSA) is 55.9 Å². The molecule has 0 saturated carbocycles. The minimum Gasteiger partial charge on any atom is -0.392 e. The molecule has 0 aliphatic rings. The van der Waals surface area contributed by atoms with Crippen LogP contribution in [-0.2, 0) is 26.6 Å². The van der Waals surface area contributed by atoms with E-state index in [1.807, 2.05) is 24.3 Å². The van der Waals surface area contributed by atoms with Crippen LogP contribution in [0.2, 0.25) is 0 Å². The third-order valence-electron chi connectivity index (χ3n) is 7.44. The van der Waals surface area contributed by atoms with Crippen molar-refractivity contribution in [2.75, 3.05) is 0 Å². The van der Waals surface area contributed by atoms with Gasteiger partial charge in [0.25, 0.3) is 0 Å². The lowest BCUT2D eigenvalue weighted by atomic mass is 9.99. The quantitative estimate of drug-likeness (QED) is 0.255. The third-order valence-corrected chi connectivity index (χ3v) is 7.44. The van der Waals surface area contributed by atoms with E-state index >= 15 is 0 Å². The van der Waals surface area contributed by atoms with Gasteiger partial charge in [-0.05, 0) is 65.4 Å². The van der Waals surface area contributed by atoms with Crippen LogP contribution >= 0.6 is 0 Å². The van der Waals surface area contributed by atoms with E-state index < -0.39 is 0 Å². The van der Waals surface area contributed by atoms with Crippen LogP contribution in [0.25, 0.3) is 44.6 Å². The zero-order valence-electron chi connectivity index (χ0n) is 22.1. The highest BCUT2D eigenvalue weighted by Crippen LogP contribution is 2.31. The Labute approximate surface area is 223 Å². The molecule has 0 atom stereocenters. The molecular weight excluding hydrogens is 468 g/mol. The highest BCUT2D eigenvalue weighted by atomic mass is 16.3. The van der Waals surface area contributed by atoms with Crippen molar-refractivity contribution in [3.05, 3.63) is 107 Å². The predicted molar refractivity (Wildman–Crippen MR) is 155 cm³/mol. The van der Waals surface area contributed by atoms with Crippen molar-refractivity contribution in [2.24, 2.45) is 7.05 Å². The van der Waals surface area contributed by atoms with E-state index in [2.05, 4.69) is 90.7 Å². The van der Waals surface area contributed by atoms with E-state index in [0.29, 0.717) is 0 Å². The second-order valence-corrected chi connectivity index (χ2v) is 10.0. The molecule has 4 aromatic carbocycles. The number of aliphatic hydroxyl groups is 1. The van der Waals surface area contributed by atoms with Gasteiger partial charge >= 0.3 is 0 Å². The number of fused-ring (bicyclic) bond motifs is 2. The standard InChI is InChI=1S/C33H32N4O/c1-4-9-31-35-32-22(2)18-26(33-34-28-12-7-8-13-29(28)36(33)3)19-30(32)37(31)20-23-14-16-24(17-15-23)27-11-6-5-10-25(27)21-38/h5-8,10-19,38H,4,9,20-21H2,1-3H3. The minimum absolute atomic E-state index is 0.0343. The molecule has 6 aromatic rings. The van der Waals surface area contributed by atoms with E-state index in [0.717, 1.165) is 80.9 Å². The summed E-state index contributed by atoms with van der Waals surface area (Å²) >= 11 is 0. The highest BCUT2D eigenvalue weighted by molar-refractivity contribution is 5.87. The summed E-state index contributed by atoms with van der Waals surface area (Å²) in [6, 6.07) is 29.4. The lowest BCUT2D eigenvalue weighted by Crippen LogP contribution is -2.05. The summed E-state index contributed by atoms with van der Waals surface area (Å²) in [5.41, 5.74) is 11.0. The van der Waals surface area contributed by atoms with Gasteiger partial charge in [0, 0.05) is 25.6 Å². The van der Waals surface area contributed by atoms with Crippen LogP contribution in [0.15, 0.2) is 84.9 Å². The Kier molecular flexibility index (Phi) is 6.30. The summed E-state index contributed by atoms with van der Waals surface area (Å²) in [6.45, 7) is 5.13. The molecule has 1 N–H and O–H groups in total. The van der Waals surface area contributed by atoms with Gasteiger partial charge in [-0.25, -0.2) is 9.97 Å². The molecule has 0 radical (unpaired) electrons. The summed E-state index contributed by atoms with van der Waals surface area (Å²) < 4.78 is 4.54. The first kappa shape index (κ1) is 24.1. The summed E-state index contributed by atoms with van der Waals surface area (Å²) in [6.07, 6.45) is 1.97. The average Bonchev–Trinajstić information content (AvgIpc) is 3.47. The summed E-state index contributed by atoms with van der Waals surface area (Å²) in [4.78, 5) is 10.0. The van der Waals surface area contributed by atoms with Gasteiger partial charge in [-0.1, -0.05) is 67.6 Å². The second kappa shape index (κ2) is 9.92. The molecule has 38 heavy (non-hydrogen) atoms. The molecule has 0 amide bonds. The summed E-state index contributed by atoms with van der Waals surface area (Å²) in [5.74, 6) is 2.08. The smallest absolute Gasteiger partial charge is 0.140 e. The van der Waals surface area contributed by atoms with Gasteiger partial charge in [0.2, 0.25) is 0 Å². The highest BCUT2D eigenvalue weighted by Gasteiger charge is 2.17. The maximum absolute atomic E-state index is 9.76. The number of nitrogens with zero attached hydrogens (tertiary/aromatic N) is 4. The Morgan fingerprint density at radius 2 is 1.58 bits per heavy atom. The van der Waals surface area contributed by atoms with Gasteiger partial charge in [0.05, 0.1) is 28.7 Å². The molecule has 0 fully saturated rings. The second-order valence-electron chi connectivity index (χ2n) is 10.0. The number of imidazole rings is 2. The fraction of sp³-hybridized carbons (Fsp3) is 0.212. The molecule has 5 heteroatoms. The zero-order chi connectivity index (χ0) is 26.2. The molecule has 190 valence electrons. The number of aromatic nitrogens is 4. The number of benzene rings is 4. The monoisotopic (exact) mass is 500 g/mol. The fourth-order valence-electron chi connectivity index (χ4n) is 5.48.